The van der Waals surface area contributed by atoms with Crippen LogP contribution >= 0.6 is 15.9 Å². The SMILES string of the molecule is CC1(C)CC(NCc2cc(Br)ccc2F)CCN1. The molecule has 0 bridgehead atoms. The minimum Gasteiger partial charge on any atom is -0.312 e. The summed E-state index contributed by atoms with van der Waals surface area (Å²) in [6.45, 7) is 6.03. The zero-order chi connectivity index (χ0) is 13.2. The first kappa shape index (κ1) is 14.0. The Labute approximate surface area is 116 Å². The van der Waals surface area contributed by atoms with E-state index in [0.29, 0.717) is 12.6 Å². The van der Waals surface area contributed by atoms with Gasteiger partial charge < -0.3 is 10.6 Å². The van der Waals surface area contributed by atoms with Crippen molar-refractivity contribution in [3.8, 4) is 0 Å². The molecule has 2 N–H and O–H groups in total. The van der Waals surface area contributed by atoms with Gasteiger partial charge in [0, 0.05) is 28.2 Å². The Bertz CT molecular complexity index is 420. The molecule has 2 rings (SSSR count). The largest absolute Gasteiger partial charge is 0.312 e. The first-order valence-electron chi connectivity index (χ1n) is 6.39. The topological polar surface area (TPSA) is 24.1 Å². The molecule has 1 heterocycles. The Morgan fingerprint density at radius 2 is 2.28 bits per heavy atom. The first-order valence-corrected chi connectivity index (χ1v) is 7.18. The molecule has 0 spiro atoms. The lowest BCUT2D eigenvalue weighted by atomic mass is 9.89. The van der Waals surface area contributed by atoms with Crippen LogP contribution in [0.5, 0.6) is 0 Å². The quantitative estimate of drug-likeness (QED) is 0.895. The molecule has 0 aliphatic carbocycles. The maximum atomic E-state index is 13.6. The van der Waals surface area contributed by atoms with Gasteiger partial charge in [-0.1, -0.05) is 15.9 Å². The van der Waals surface area contributed by atoms with E-state index in [-0.39, 0.29) is 11.4 Å². The van der Waals surface area contributed by atoms with Crippen molar-refractivity contribution < 1.29 is 4.39 Å². The summed E-state index contributed by atoms with van der Waals surface area (Å²) in [7, 11) is 0. The summed E-state index contributed by atoms with van der Waals surface area (Å²) in [5.74, 6) is -0.140. The molecule has 1 aromatic carbocycles. The zero-order valence-corrected chi connectivity index (χ0v) is 12.5. The smallest absolute Gasteiger partial charge is 0.127 e. The second kappa shape index (κ2) is 5.68. The fourth-order valence-corrected chi connectivity index (χ4v) is 2.89. The maximum absolute atomic E-state index is 13.6. The van der Waals surface area contributed by atoms with Crippen molar-refractivity contribution in [1.82, 2.24) is 10.6 Å². The van der Waals surface area contributed by atoms with E-state index in [2.05, 4.69) is 40.4 Å². The average Bonchev–Trinajstić information content (AvgIpc) is 2.29. The van der Waals surface area contributed by atoms with Gasteiger partial charge in [-0.3, -0.25) is 0 Å². The molecule has 0 aromatic heterocycles. The second-order valence-corrected chi connectivity index (χ2v) is 6.53. The van der Waals surface area contributed by atoms with Crippen LogP contribution in [0.2, 0.25) is 0 Å². The minimum atomic E-state index is -0.140. The molecule has 1 atom stereocenters. The molecule has 100 valence electrons. The second-order valence-electron chi connectivity index (χ2n) is 5.62. The highest BCUT2D eigenvalue weighted by molar-refractivity contribution is 9.10. The Morgan fingerprint density at radius 3 is 3.00 bits per heavy atom. The van der Waals surface area contributed by atoms with E-state index < -0.39 is 0 Å². The molecule has 1 saturated heterocycles. The Morgan fingerprint density at radius 1 is 1.50 bits per heavy atom. The van der Waals surface area contributed by atoms with Gasteiger partial charge in [-0.15, -0.1) is 0 Å². The molecule has 1 fully saturated rings. The van der Waals surface area contributed by atoms with Crippen molar-refractivity contribution in [2.75, 3.05) is 6.54 Å². The van der Waals surface area contributed by atoms with Gasteiger partial charge in [0.1, 0.15) is 5.82 Å². The standard InChI is InChI=1S/C14H20BrFN2/c1-14(2)8-12(5-6-18-14)17-9-10-7-11(15)3-4-13(10)16/h3-4,7,12,17-18H,5-6,8-9H2,1-2H3. The van der Waals surface area contributed by atoms with Crippen LogP contribution in [0.15, 0.2) is 22.7 Å². The third-order valence-corrected chi connectivity index (χ3v) is 3.94. The summed E-state index contributed by atoms with van der Waals surface area (Å²) >= 11 is 3.38. The monoisotopic (exact) mass is 314 g/mol. The molecule has 0 amide bonds. The van der Waals surface area contributed by atoms with Crippen LogP contribution in [-0.4, -0.2) is 18.1 Å². The fourth-order valence-electron chi connectivity index (χ4n) is 2.48. The molecular formula is C14H20BrFN2. The summed E-state index contributed by atoms with van der Waals surface area (Å²) < 4.78 is 14.5. The lowest BCUT2D eigenvalue weighted by Crippen LogP contribution is -2.51. The summed E-state index contributed by atoms with van der Waals surface area (Å²) in [4.78, 5) is 0. The van der Waals surface area contributed by atoms with Crippen LogP contribution in [-0.2, 0) is 6.54 Å². The van der Waals surface area contributed by atoms with Crippen LogP contribution in [0, 0.1) is 5.82 Å². The molecule has 1 unspecified atom stereocenters. The van der Waals surface area contributed by atoms with Crippen LogP contribution in [0.1, 0.15) is 32.3 Å². The van der Waals surface area contributed by atoms with E-state index in [9.17, 15) is 4.39 Å². The first-order chi connectivity index (χ1) is 8.46. The summed E-state index contributed by atoms with van der Waals surface area (Å²) in [6.07, 6.45) is 2.17. The Kier molecular flexibility index (Phi) is 4.41. The van der Waals surface area contributed by atoms with Gasteiger partial charge in [-0.25, -0.2) is 4.39 Å². The van der Waals surface area contributed by atoms with E-state index in [0.717, 1.165) is 29.4 Å². The van der Waals surface area contributed by atoms with Crippen molar-refractivity contribution >= 4 is 15.9 Å². The fraction of sp³-hybridized carbons (Fsp3) is 0.571. The van der Waals surface area contributed by atoms with Crippen molar-refractivity contribution in [2.24, 2.45) is 0 Å². The molecule has 1 aliphatic heterocycles. The van der Waals surface area contributed by atoms with Gasteiger partial charge in [0.05, 0.1) is 0 Å². The third kappa shape index (κ3) is 3.77. The van der Waals surface area contributed by atoms with Gasteiger partial charge in [0.2, 0.25) is 0 Å². The molecule has 1 aliphatic rings. The van der Waals surface area contributed by atoms with Crippen LogP contribution in [0.25, 0.3) is 0 Å². The molecule has 18 heavy (non-hydrogen) atoms. The van der Waals surface area contributed by atoms with E-state index in [1.807, 2.05) is 6.07 Å². The maximum Gasteiger partial charge on any atom is 0.127 e. The van der Waals surface area contributed by atoms with Crippen LogP contribution in [0.4, 0.5) is 4.39 Å². The lowest BCUT2D eigenvalue weighted by Gasteiger charge is -2.37. The molecule has 4 heteroatoms. The molecule has 2 nitrogen and oxygen atoms in total. The van der Waals surface area contributed by atoms with Gasteiger partial charge in [0.25, 0.3) is 0 Å². The normalized spacial score (nSPS) is 23.0. The van der Waals surface area contributed by atoms with Crippen molar-refractivity contribution in [3.63, 3.8) is 0 Å². The number of piperidine rings is 1. The van der Waals surface area contributed by atoms with Gasteiger partial charge >= 0.3 is 0 Å². The zero-order valence-electron chi connectivity index (χ0n) is 10.9. The van der Waals surface area contributed by atoms with Crippen molar-refractivity contribution in [3.05, 3.63) is 34.1 Å². The van der Waals surface area contributed by atoms with E-state index >= 15 is 0 Å². The predicted octanol–water partition coefficient (Wildman–Crippen LogP) is 3.21. The summed E-state index contributed by atoms with van der Waals surface area (Å²) in [5, 5.41) is 6.95. The van der Waals surface area contributed by atoms with Crippen molar-refractivity contribution in [2.45, 2.75) is 44.8 Å². The Balaban J connectivity index is 1.93. The number of halogens is 2. The molecule has 1 aromatic rings. The average molecular weight is 315 g/mol. The lowest BCUT2D eigenvalue weighted by molar-refractivity contribution is 0.247. The van der Waals surface area contributed by atoms with Gasteiger partial charge in [0.15, 0.2) is 0 Å². The van der Waals surface area contributed by atoms with E-state index in [1.54, 1.807) is 6.07 Å². The third-order valence-electron chi connectivity index (χ3n) is 3.44. The van der Waals surface area contributed by atoms with Gasteiger partial charge in [-0.2, -0.15) is 0 Å². The number of nitrogens with one attached hydrogen (secondary N) is 2. The molecular weight excluding hydrogens is 295 g/mol. The summed E-state index contributed by atoms with van der Waals surface area (Å²) in [6, 6.07) is 5.54. The van der Waals surface area contributed by atoms with E-state index in [1.165, 1.54) is 6.07 Å². The predicted molar refractivity (Wildman–Crippen MR) is 76.0 cm³/mol. The summed E-state index contributed by atoms with van der Waals surface area (Å²) in [5.41, 5.74) is 0.895. The van der Waals surface area contributed by atoms with Crippen molar-refractivity contribution in [1.29, 1.82) is 0 Å². The highest BCUT2D eigenvalue weighted by Crippen LogP contribution is 2.20. The van der Waals surface area contributed by atoms with Crippen LogP contribution in [0.3, 0.4) is 0 Å². The number of hydrogen-bond donors (Lipinski definition) is 2. The van der Waals surface area contributed by atoms with Crippen LogP contribution < -0.4 is 10.6 Å². The number of benzene rings is 1. The molecule has 0 saturated carbocycles. The highest BCUT2D eigenvalue weighted by atomic mass is 79.9. The van der Waals surface area contributed by atoms with Gasteiger partial charge in [-0.05, 0) is 51.4 Å². The molecule has 0 radical (unpaired) electrons. The van der Waals surface area contributed by atoms with E-state index in [4.69, 9.17) is 0 Å². The number of rotatable bonds is 3. The Hall–Kier alpha value is -0.450. The highest BCUT2D eigenvalue weighted by Gasteiger charge is 2.26. The minimum absolute atomic E-state index is 0.140. The number of hydrogen-bond acceptors (Lipinski definition) is 2.